The molecule has 8 heteroatoms. The first-order chi connectivity index (χ1) is 12.3. The first-order valence-electron chi connectivity index (χ1n) is 7.88. The van der Waals surface area contributed by atoms with Crippen molar-refractivity contribution in [1.82, 2.24) is 14.8 Å². The van der Waals surface area contributed by atoms with Crippen molar-refractivity contribution in [3.8, 4) is 17.3 Å². The molecule has 0 spiro atoms. The Bertz CT molecular complexity index is 880. The number of benzene rings is 1. The van der Waals surface area contributed by atoms with Crippen molar-refractivity contribution in [1.29, 1.82) is 0 Å². The van der Waals surface area contributed by atoms with E-state index in [0.29, 0.717) is 36.2 Å². The van der Waals surface area contributed by atoms with Gasteiger partial charge in [-0.05, 0) is 31.2 Å². The van der Waals surface area contributed by atoms with E-state index in [0.717, 1.165) is 16.3 Å². The number of hydrogen-bond donors (Lipinski definition) is 0. The lowest BCUT2D eigenvalue weighted by Gasteiger charge is -2.20. The fourth-order valence-corrected chi connectivity index (χ4v) is 3.74. The molecule has 6 nitrogen and oxygen atoms in total. The summed E-state index contributed by atoms with van der Waals surface area (Å²) in [4.78, 5) is 0. The van der Waals surface area contributed by atoms with Crippen molar-refractivity contribution >= 4 is 11.8 Å². The number of nitrogens with zero attached hydrogens (tertiary/aromatic N) is 3. The lowest BCUT2D eigenvalue weighted by atomic mass is 10.1. The molecule has 2 aromatic heterocycles. The largest absolute Gasteiger partial charge is 0.467 e. The Morgan fingerprint density at radius 1 is 1.32 bits per heavy atom. The molecule has 0 fully saturated rings. The van der Waals surface area contributed by atoms with Crippen molar-refractivity contribution < 1.29 is 18.3 Å². The minimum atomic E-state index is -0.295. The Morgan fingerprint density at radius 2 is 2.24 bits per heavy atom. The maximum absolute atomic E-state index is 13.9. The fraction of sp³-hybridized carbons (Fsp3) is 0.294. The van der Waals surface area contributed by atoms with Gasteiger partial charge in [0, 0.05) is 23.4 Å². The van der Waals surface area contributed by atoms with Crippen LogP contribution in [0.4, 0.5) is 4.39 Å². The molecule has 0 amide bonds. The lowest BCUT2D eigenvalue weighted by molar-refractivity contribution is -0.0171. The second-order valence-corrected chi connectivity index (χ2v) is 6.42. The summed E-state index contributed by atoms with van der Waals surface area (Å²) in [6.07, 6.45) is 1.61. The molecule has 1 aromatic carbocycles. The van der Waals surface area contributed by atoms with Crippen molar-refractivity contribution in [2.24, 2.45) is 0 Å². The second kappa shape index (κ2) is 6.89. The summed E-state index contributed by atoms with van der Waals surface area (Å²) in [6.45, 7) is 3.27. The Kier molecular flexibility index (Phi) is 4.46. The minimum absolute atomic E-state index is 0.185. The summed E-state index contributed by atoms with van der Waals surface area (Å²) in [7, 11) is 0. The minimum Gasteiger partial charge on any atom is -0.467 e. The average Bonchev–Trinajstić information content (AvgIpc) is 3.28. The van der Waals surface area contributed by atoms with Gasteiger partial charge < -0.3 is 13.9 Å². The summed E-state index contributed by atoms with van der Waals surface area (Å²) < 4.78 is 32.0. The van der Waals surface area contributed by atoms with Gasteiger partial charge in [-0.25, -0.2) is 4.39 Å². The van der Waals surface area contributed by atoms with Gasteiger partial charge in [0.25, 0.3) is 0 Å². The van der Waals surface area contributed by atoms with Crippen molar-refractivity contribution in [3.05, 3.63) is 47.5 Å². The van der Waals surface area contributed by atoms with Gasteiger partial charge in [-0.15, -0.1) is 10.2 Å². The number of rotatable bonds is 5. The summed E-state index contributed by atoms with van der Waals surface area (Å²) in [5.41, 5.74) is 1.52. The molecule has 0 saturated heterocycles. The number of hydrogen-bond acceptors (Lipinski definition) is 6. The van der Waals surface area contributed by atoms with E-state index in [-0.39, 0.29) is 12.6 Å². The van der Waals surface area contributed by atoms with E-state index < -0.39 is 0 Å². The Balaban J connectivity index is 1.59. The molecule has 0 aliphatic carbocycles. The summed E-state index contributed by atoms with van der Waals surface area (Å²) in [6, 6.07) is 6.61. The first-order valence-corrected chi connectivity index (χ1v) is 8.86. The number of aromatic nitrogens is 3. The molecule has 25 heavy (non-hydrogen) atoms. The molecule has 1 aliphatic rings. The predicted molar refractivity (Wildman–Crippen MR) is 89.6 cm³/mol. The van der Waals surface area contributed by atoms with E-state index in [1.54, 1.807) is 6.26 Å². The molecule has 0 saturated carbocycles. The highest BCUT2D eigenvalue weighted by atomic mass is 32.2. The first kappa shape index (κ1) is 16.2. The van der Waals surface area contributed by atoms with Crippen molar-refractivity contribution in [2.75, 3.05) is 6.79 Å². The molecule has 4 rings (SSSR count). The van der Waals surface area contributed by atoms with E-state index >= 15 is 0 Å². The summed E-state index contributed by atoms with van der Waals surface area (Å²) in [5.74, 6) is 2.28. The lowest BCUT2D eigenvalue weighted by Crippen LogP contribution is -2.13. The summed E-state index contributed by atoms with van der Waals surface area (Å²) in [5, 5.41) is 9.22. The molecular weight excluding hydrogens is 345 g/mol. The van der Waals surface area contributed by atoms with E-state index in [1.807, 2.05) is 23.6 Å². The molecule has 130 valence electrons. The quantitative estimate of drug-likeness (QED) is 0.643. The topological polar surface area (TPSA) is 62.3 Å². The fourth-order valence-electron chi connectivity index (χ4n) is 2.77. The number of furan rings is 1. The number of fused-ring (bicyclic) bond motifs is 1. The zero-order valence-electron chi connectivity index (χ0n) is 13.6. The predicted octanol–water partition coefficient (Wildman–Crippen LogP) is 3.86. The monoisotopic (exact) mass is 361 g/mol. The summed E-state index contributed by atoms with van der Waals surface area (Å²) >= 11 is 1.48. The van der Waals surface area contributed by atoms with Crippen LogP contribution in [0.15, 0.2) is 40.1 Å². The standard InChI is InChI=1S/C17H16FN3O3S/c1-2-21-16(14-4-3-5-23-14)19-20-17(21)25-9-12-7-13(18)6-11-8-22-10-24-15(11)12/h3-7H,2,8-10H2,1H3. The maximum atomic E-state index is 13.9. The van der Waals surface area contributed by atoms with Crippen LogP contribution in [-0.4, -0.2) is 21.6 Å². The van der Waals surface area contributed by atoms with Gasteiger partial charge in [0.2, 0.25) is 0 Å². The van der Waals surface area contributed by atoms with Crippen LogP contribution in [0.2, 0.25) is 0 Å². The number of ether oxygens (including phenoxy) is 2. The molecule has 0 atom stereocenters. The molecule has 1 aliphatic heterocycles. The Labute approximate surface area is 148 Å². The Morgan fingerprint density at radius 3 is 3.04 bits per heavy atom. The third-order valence-corrected chi connectivity index (χ3v) is 4.90. The molecule has 0 unspecified atom stereocenters. The van der Waals surface area contributed by atoms with Crippen molar-refractivity contribution in [3.63, 3.8) is 0 Å². The van der Waals surface area contributed by atoms with Crippen LogP contribution >= 0.6 is 11.8 Å². The van der Waals surface area contributed by atoms with Crippen LogP contribution in [0, 0.1) is 5.82 Å². The van der Waals surface area contributed by atoms with Crippen LogP contribution in [0.3, 0.4) is 0 Å². The Hall–Kier alpha value is -2.32. The highest BCUT2D eigenvalue weighted by molar-refractivity contribution is 7.98. The highest BCUT2D eigenvalue weighted by Gasteiger charge is 2.19. The van der Waals surface area contributed by atoms with Gasteiger partial charge in [0.15, 0.2) is 23.5 Å². The van der Waals surface area contributed by atoms with Gasteiger partial charge in [0.1, 0.15) is 11.6 Å². The van der Waals surface area contributed by atoms with Gasteiger partial charge in [-0.1, -0.05) is 11.8 Å². The second-order valence-electron chi connectivity index (χ2n) is 5.48. The van der Waals surface area contributed by atoms with E-state index in [1.165, 1.54) is 23.9 Å². The van der Waals surface area contributed by atoms with Crippen LogP contribution in [-0.2, 0) is 23.6 Å². The van der Waals surface area contributed by atoms with Gasteiger partial charge in [-0.3, -0.25) is 4.57 Å². The highest BCUT2D eigenvalue weighted by Crippen LogP contribution is 2.34. The van der Waals surface area contributed by atoms with E-state index in [2.05, 4.69) is 10.2 Å². The van der Waals surface area contributed by atoms with Gasteiger partial charge >= 0.3 is 0 Å². The average molecular weight is 361 g/mol. The zero-order valence-corrected chi connectivity index (χ0v) is 14.4. The third-order valence-electron chi connectivity index (χ3n) is 3.88. The van der Waals surface area contributed by atoms with Crippen LogP contribution in [0.25, 0.3) is 11.6 Å². The molecule has 3 heterocycles. The van der Waals surface area contributed by atoms with Crippen molar-refractivity contribution in [2.45, 2.75) is 31.0 Å². The zero-order chi connectivity index (χ0) is 17.2. The van der Waals surface area contributed by atoms with Gasteiger partial charge in [0.05, 0.1) is 12.9 Å². The van der Waals surface area contributed by atoms with E-state index in [4.69, 9.17) is 13.9 Å². The van der Waals surface area contributed by atoms with E-state index in [9.17, 15) is 4.39 Å². The molecule has 0 radical (unpaired) electrons. The third kappa shape index (κ3) is 3.14. The molecule has 0 bridgehead atoms. The van der Waals surface area contributed by atoms with Crippen LogP contribution in [0.5, 0.6) is 5.75 Å². The molecular formula is C17H16FN3O3S. The van der Waals surface area contributed by atoms with Crippen LogP contribution in [0.1, 0.15) is 18.1 Å². The smallest absolute Gasteiger partial charge is 0.200 e. The normalized spacial score (nSPS) is 13.5. The molecule has 3 aromatic rings. The SMILES string of the molecule is CCn1c(SCc2cc(F)cc3c2OCOC3)nnc1-c1ccco1. The number of halogens is 1. The van der Waals surface area contributed by atoms with Crippen LogP contribution < -0.4 is 4.74 Å². The number of thioether (sulfide) groups is 1. The maximum Gasteiger partial charge on any atom is 0.200 e. The van der Waals surface area contributed by atoms with Gasteiger partial charge in [-0.2, -0.15) is 0 Å². The molecule has 0 N–H and O–H groups in total.